The summed E-state index contributed by atoms with van der Waals surface area (Å²) in [6.07, 6.45) is 7.35. The molecule has 0 aliphatic heterocycles. The molecule has 3 nitrogen and oxygen atoms in total. The first-order valence-electron chi connectivity index (χ1n) is 9.98. The Kier molecular flexibility index (Phi) is 14.8. The van der Waals surface area contributed by atoms with E-state index >= 15 is 0 Å². The second-order valence-electron chi connectivity index (χ2n) is 7.03. The van der Waals surface area contributed by atoms with Gasteiger partial charge in [0.15, 0.2) is 0 Å². The maximum atomic E-state index is 13.3. The van der Waals surface area contributed by atoms with E-state index in [4.69, 9.17) is 0 Å². The van der Waals surface area contributed by atoms with Crippen molar-refractivity contribution in [3.05, 3.63) is 29.3 Å². The minimum atomic E-state index is -4.45. The molecule has 0 aliphatic carbocycles. The first-order valence-corrected chi connectivity index (χ1v) is 9.98. The van der Waals surface area contributed by atoms with Gasteiger partial charge in [0.25, 0.3) is 0 Å². The molecule has 0 heterocycles. The Morgan fingerprint density at radius 3 is 2.00 bits per heavy atom. The number of aryl methyl sites for hydroxylation is 1. The van der Waals surface area contributed by atoms with E-state index in [1.165, 1.54) is 50.7 Å². The van der Waals surface area contributed by atoms with Crippen LogP contribution in [0, 0.1) is 0 Å². The van der Waals surface area contributed by atoms with Crippen LogP contribution in [-0.4, -0.2) is 12.5 Å². The van der Waals surface area contributed by atoms with Gasteiger partial charge in [-0.2, -0.15) is 13.2 Å². The molecule has 0 saturated carbocycles. The van der Waals surface area contributed by atoms with E-state index in [-0.39, 0.29) is 40.8 Å². The molecular weight excluding hydrogens is 378 g/mol. The van der Waals surface area contributed by atoms with E-state index in [1.807, 2.05) is 0 Å². The van der Waals surface area contributed by atoms with Gasteiger partial charge in [0, 0.05) is 5.69 Å². The van der Waals surface area contributed by atoms with Crippen LogP contribution in [0.3, 0.4) is 0 Å². The molecule has 0 amide bonds. The summed E-state index contributed by atoms with van der Waals surface area (Å²) in [5.41, 5.74) is -0.291. The van der Waals surface area contributed by atoms with Gasteiger partial charge in [-0.05, 0) is 30.5 Å². The summed E-state index contributed by atoms with van der Waals surface area (Å²) in [7, 11) is 0. The normalized spacial score (nSPS) is 11.1. The molecule has 28 heavy (non-hydrogen) atoms. The van der Waals surface area contributed by atoms with Gasteiger partial charge in [0.2, 0.25) is 0 Å². The van der Waals surface area contributed by atoms with E-state index in [2.05, 4.69) is 12.2 Å². The van der Waals surface area contributed by atoms with Crippen molar-refractivity contribution in [3.8, 4) is 0 Å². The number of alkyl halides is 3. The van der Waals surface area contributed by atoms with Crippen LogP contribution in [0.4, 0.5) is 18.9 Å². The van der Waals surface area contributed by atoms with E-state index < -0.39 is 24.3 Å². The standard InChI is InChI=1S/C21H32F3NO2.Na/c1-2-3-4-5-6-7-8-9-10-11-12-17-13-14-18(25-16-20(26)27)15-19(17)21(22,23)24;/h13-15,25H,2-12,16H2,1H3,(H,26,27);/q;+1/p-1. The Balaban J connectivity index is 0.00000729. The van der Waals surface area contributed by atoms with E-state index in [9.17, 15) is 23.1 Å². The number of carboxylic acid groups (broad SMARTS) is 1. The first kappa shape index (κ1) is 27.3. The van der Waals surface area contributed by atoms with Crippen molar-refractivity contribution in [2.24, 2.45) is 0 Å². The zero-order chi connectivity index (χ0) is 20.1. The monoisotopic (exact) mass is 409 g/mol. The zero-order valence-electron chi connectivity index (χ0n) is 17.2. The van der Waals surface area contributed by atoms with Crippen molar-refractivity contribution >= 4 is 11.7 Å². The maximum Gasteiger partial charge on any atom is 1.00 e. The van der Waals surface area contributed by atoms with Crippen molar-refractivity contribution in [1.29, 1.82) is 0 Å². The Bertz CT molecular complexity index is 565. The number of unbranched alkanes of at least 4 members (excludes halogenated alkanes) is 9. The summed E-state index contributed by atoms with van der Waals surface area (Å²) >= 11 is 0. The molecule has 1 aromatic rings. The summed E-state index contributed by atoms with van der Waals surface area (Å²) in [6, 6.07) is 3.91. The molecule has 0 bridgehead atoms. The minimum absolute atomic E-state index is 0. The molecule has 1 rings (SSSR count). The number of carbonyl (C=O) groups is 1. The van der Waals surface area contributed by atoms with Crippen LogP contribution in [-0.2, 0) is 17.4 Å². The number of anilines is 1. The quantitative estimate of drug-likeness (QED) is 0.379. The van der Waals surface area contributed by atoms with Gasteiger partial charge in [-0.3, -0.25) is 0 Å². The number of hydrogen-bond acceptors (Lipinski definition) is 3. The third-order valence-corrected chi connectivity index (χ3v) is 4.65. The van der Waals surface area contributed by atoms with E-state index in [1.54, 1.807) is 0 Å². The number of nitrogens with one attached hydrogen (secondary N) is 1. The van der Waals surface area contributed by atoms with Crippen molar-refractivity contribution in [2.75, 3.05) is 11.9 Å². The Labute approximate surface area is 188 Å². The second kappa shape index (κ2) is 15.2. The Morgan fingerprint density at radius 1 is 0.964 bits per heavy atom. The number of rotatable bonds is 14. The van der Waals surface area contributed by atoms with Gasteiger partial charge in [-0.15, -0.1) is 0 Å². The number of hydrogen-bond donors (Lipinski definition) is 1. The third-order valence-electron chi connectivity index (χ3n) is 4.65. The summed E-state index contributed by atoms with van der Waals surface area (Å²) in [5.74, 6) is -1.36. The van der Waals surface area contributed by atoms with Gasteiger partial charge in [-0.25, -0.2) is 0 Å². The Morgan fingerprint density at radius 2 is 1.50 bits per heavy atom. The molecule has 0 radical (unpaired) electrons. The zero-order valence-corrected chi connectivity index (χ0v) is 19.2. The summed E-state index contributed by atoms with van der Waals surface area (Å²) in [4.78, 5) is 10.4. The van der Waals surface area contributed by atoms with Crippen molar-refractivity contribution < 1.29 is 52.6 Å². The van der Waals surface area contributed by atoms with Gasteiger partial charge < -0.3 is 15.2 Å². The van der Waals surface area contributed by atoms with Crippen LogP contribution in [0.25, 0.3) is 0 Å². The SMILES string of the molecule is CCCCCCCCCCCCc1ccc(NCC(=O)[O-])cc1C(F)(F)F.[Na+]. The molecule has 0 fully saturated rings. The third kappa shape index (κ3) is 12.0. The number of carboxylic acids is 1. The smallest absolute Gasteiger partial charge is 0.548 e. The van der Waals surface area contributed by atoms with Crippen molar-refractivity contribution in [2.45, 2.75) is 83.7 Å². The van der Waals surface area contributed by atoms with Crippen LogP contribution in [0.15, 0.2) is 18.2 Å². The van der Waals surface area contributed by atoms with Gasteiger partial charge in [0.05, 0.1) is 18.1 Å². The fourth-order valence-electron chi connectivity index (χ4n) is 3.15. The molecule has 0 unspecified atom stereocenters. The fourth-order valence-corrected chi connectivity index (χ4v) is 3.15. The van der Waals surface area contributed by atoms with Crippen LogP contribution >= 0.6 is 0 Å². The number of benzene rings is 1. The molecule has 0 spiro atoms. The second-order valence-corrected chi connectivity index (χ2v) is 7.03. The average Bonchev–Trinajstić information content (AvgIpc) is 2.61. The molecule has 0 aromatic heterocycles. The maximum absolute atomic E-state index is 13.3. The number of carbonyl (C=O) groups excluding carboxylic acids is 1. The molecule has 0 saturated heterocycles. The predicted molar refractivity (Wildman–Crippen MR) is 100 cm³/mol. The molecule has 7 heteroatoms. The number of halogens is 3. The van der Waals surface area contributed by atoms with Gasteiger partial charge in [0.1, 0.15) is 0 Å². The summed E-state index contributed by atoms with van der Waals surface area (Å²) in [5, 5.41) is 12.9. The average molecular weight is 409 g/mol. The molecule has 0 atom stereocenters. The van der Waals surface area contributed by atoms with Crippen LogP contribution < -0.4 is 40.0 Å². The molecule has 1 aromatic carbocycles. The molecule has 0 aliphatic rings. The number of aliphatic carboxylic acids is 1. The molecular formula is C21H31F3NNaO2. The fraction of sp³-hybridized carbons (Fsp3) is 0.667. The molecule has 154 valence electrons. The Hall–Kier alpha value is -0.720. The predicted octanol–water partition coefficient (Wildman–Crippen LogP) is 2.33. The van der Waals surface area contributed by atoms with E-state index in [0.29, 0.717) is 6.42 Å². The molecule has 1 N–H and O–H groups in total. The topological polar surface area (TPSA) is 52.2 Å². The van der Waals surface area contributed by atoms with E-state index in [0.717, 1.165) is 31.7 Å². The van der Waals surface area contributed by atoms with Crippen LogP contribution in [0.1, 0.15) is 82.3 Å². The van der Waals surface area contributed by atoms with Gasteiger partial charge >= 0.3 is 35.7 Å². The largest absolute Gasteiger partial charge is 1.00 e. The summed E-state index contributed by atoms with van der Waals surface area (Å²) < 4.78 is 39.8. The van der Waals surface area contributed by atoms with Crippen LogP contribution in [0.2, 0.25) is 0 Å². The van der Waals surface area contributed by atoms with Gasteiger partial charge in [-0.1, -0.05) is 70.8 Å². The first-order chi connectivity index (χ1) is 12.8. The minimum Gasteiger partial charge on any atom is -0.548 e. The summed E-state index contributed by atoms with van der Waals surface area (Å²) in [6.45, 7) is 1.68. The van der Waals surface area contributed by atoms with Crippen LogP contribution in [0.5, 0.6) is 0 Å². The van der Waals surface area contributed by atoms with Crippen molar-refractivity contribution in [3.63, 3.8) is 0 Å². The van der Waals surface area contributed by atoms with Crippen molar-refractivity contribution in [1.82, 2.24) is 0 Å².